The van der Waals surface area contributed by atoms with E-state index in [0.29, 0.717) is 12.5 Å². The summed E-state index contributed by atoms with van der Waals surface area (Å²) in [7, 11) is 0. The van der Waals surface area contributed by atoms with E-state index in [2.05, 4.69) is 15.6 Å². The first-order valence-corrected chi connectivity index (χ1v) is 5.44. The Balaban J connectivity index is 1.67. The van der Waals surface area contributed by atoms with Crippen molar-refractivity contribution in [1.82, 2.24) is 15.6 Å². The SMILES string of the molecule is O=C(N/C=C/C1CC1)NCc1ccncc1. The highest BCUT2D eigenvalue weighted by molar-refractivity contribution is 5.74. The van der Waals surface area contributed by atoms with Gasteiger partial charge in [0.25, 0.3) is 0 Å². The van der Waals surface area contributed by atoms with Crippen LogP contribution in [0.1, 0.15) is 18.4 Å². The van der Waals surface area contributed by atoms with Crippen LogP contribution >= 0.6 is 0 Å². The van der Waals surface area contributed by atoms with Gasteiger partial charge in [-0.3, -0.25) is 4.98 Å². The first kappa shape index (κ1) is 10.7. The second-order valence-corrected chi connectivity index (χ2v) is 3.88. The molecule has 16 heavy (non-hydrogen) atoms. The molecule has 4 nitrogen and oxygen atoms in total. The molecule has 1 aliphatic carbocycles. The van der Waals surface area contributed by atoms with Gasteiger partial charge in [0.05, 0.1) is 0 Å². The van der Waals surface area contributed by atoms with Crippen molar-refractivity contribution in [3.05, 3.63) is 42.4 Å². The summed E-state index contributed by atoms with van der Waals surface area (Å²) in [6, 6.07) is 3.58. The molecule has 1 aliphatic rings. The van der Waals surface area contributed by atoms with Crippen molar-refractivity contribution >= 4 is 6.03 Å². The zero-order chi connectivity index (χ0) is 11.2. The van der Waals surface area contributed by atoms with Crippen LogP contribution in [-0.2, 0) is 6.54 Å². The van der Waals surface area contributed by atoms with Gasteiger partial charge in [0, 0.05) is 25.1 Å². The van der Waals surface area contributed by atoms with E-state index in [1.807, 2.05) is 18.2 Å². The maximum Gasteiger partial charge on any atom is 0.319 e. The Morgan fingerprint density at radius 2 is 2.19 bits per heavy atom. The van der Waals surface area contributed by atoms with Crippen LogP contribution in [0.25, 0.3) is 0 Å². The largest absolute Gasteiger partial charge is 0.334 e. The Hall–Kier alpha value is -1.84. The van der Waals surface area contributed by atoms with Gasteiger partial charge in [-0.15, -0.1) is 0 Å². The van der Waals surface area contributed by atoms with Gasteiger partial charge in [-0.05, 0) is 36.5 Å². The third-order valence-corrected chi connectivity index (χ3v) is 2.41. The van der Waals surface area contributed by atoms with Crippen molar-refractivity contribution in [2.45, 2.75) is 19.4 Å². The molecule has 0 atom stereocenters. The molecular formula is C12H15N3O. The van der Waals surface area contributed by atoms with Crippen molar-refractivity contribution in [3.63, 3.8) is 0 Å². The summed E-state index contributed by atoms with van der Waals surface area (Å²) in [5.41, 5.74) is 1.04. The number of carbonyl (C=O) groups excluding carboxylic acids is 1. The summed E-state index contributed by atoms with van der Waals surface area (Å²) in [6.45, 7) is 0.519. The molecule has 0 aromatic carbocycles. The van der Waals surface area contributed by atoms with E-state index in [4.69, 9.17) is 0 Å². The molecule has 1 aromatic heterocycles. The highest BCUT2D eigenvalue weighted by Crippen LogP contribution is 2.29. The predicted molar refractivity (Wildman–Crippen MR) is 61.5 cm³/mol. The first-order chi connectivity index (χ1) is 7.84. The van der Waals surface area contributed by atoms with Gasteiger partial charge >= 0.3 is 6.03 Å². The van der Waals surface area contributed by atoms with Crippen molar-refractivity contribution in [2.75, 3.05) is 0 Å². The number of rotatable bonds is 4. The van der Waals surface area contributed by atoms with E-state index >= 15 is 0 Å². The van der Waals surface area contributed by atoms with Gasteiger partial charge in [0.1, 0.15) is 0 Å². The van der Waals surface area contributed by atoms with Crippen molar-refractivity contribution in [2.24, 2.45) is 5.92 Å². The highest BCUT2D eigenvalue weighted by Gasteiger charge is 2.16. The number of hydrogen-bond acceptors (Lipinski definition) is 2. The Morgan fingerprint density at radius 3 is 2.88 bits per heavy atom. The topological polar surface area (TPSA) is 54.0 Å². The minimum absolute atomic E-state index is 0.172. The van der Waals surface area contributed by atoms with Crippen LogP contribution in [0.3, 0.4) is 0 Å². The van der Waals surface area contributed by atoms with Gasteiger partial charge < -0.3 is 10.6 Å². The summed E-state index contributed by atoms with van der Waals surface area (Å²) in [5.74, 6) is 0.681. The smallest absolute Gasteiger partial charge is 0.319 e. The predicted octanol–water partition coefficient (Wildman–Crippen LogP) is 1.80. The second-order valence-electron chi connectivity index (χ2n) is 3.88. The monoisotopic (exact) mass is 217 g/mol. The Bertz CT molecular complexity index is 371. The molecule has 1 heterocycles. The summed E-state index contributed by atoms with van der Waals surface area (Å²) >= 11 is 0. The number of hydrogen-bond donors (Lipinski definition) is 2. The van der Waals surface area contributed by atoms with E-state index in [-0.39, 0.29) is 6.03 Å². The normalized spacial score (nSPS) is 15.0. The molecule has 1 saturated carbocycles. The lowest BCUT2D eigenvalue weighted by Gasteiger charge is -2.03. The molecule has 0 aliphatic heterocycles. The van der Waals surface area contributed by atoms with E-state index in [0.717, 1.165) is 5.56 Å². The number of carbonyl (C=O) groups is 1. The number of pyridine rings is 1. The average Bonchev–Trinajstić information content (AvgIpc) is 3.12. The molecule has 1 aromatic rings. The maximum absolute atomic E-state index is 11.3. The van der Waals surface area contributed by atoms with Gasteiger partial charge in [-0.2, -0.15) is 0 Å². The maximum atomic E-state index is 11.3. The molecule has 0 saturated heterocycles. The minimum Gasteiger partial charge on any atom is -0.334 e. The van der Waals surface area contributed by atoms with Crippen LogP contribution in [0, 0.1) is 5.92 Å². The summed E-state index contributed by atoms with van der Waals surface area (Å²) < 4.78 is 0. The number of urea groups is 1. The molecule has 4 heteroatoms. The fourth-order valence-electron chi connectivity index (χ4n) is 1.28. The fourth-order valence-corrected chi connectivity index (χ4v) is 1.28. The van der Waals surface area contributed by atoms with Gasteiger partial charge in [0.2, 0.25) is 0 Å². The van der Waals surface area contributed by atoms with Gasteiger partial charge in [-0.1, -0.05) is 6.08 Å². The first-order valence-electron chi connectivity index (χ1n) is 5.44. The number of aromatic nitrogens is 1. The molecule has 0 bridgehead atoms. The number of nitrogens with zero attached hydrogens (tertiary/aromatic N) is 1. The van der Waals surface area contributed by atoms with Crippen LogP contribution in [0.4, 0.5) is 4.79 Å². The van der Waals surface area contributed by atoms with Crippen LogP contribution < -0.4 is 10.6 Å². The number of allylic oxidation sites excluding steroid dienone is 1. The molecule has 1 fully saturated rings. The lowest BCUT2D eigenvalue weighted by Crippen LogP contribution is -2.31. The quantitative estimate of drug-likeness (QED) is 0.808. The fraction of sp³-hybridized carbons (Fsp3) is 0.333. The van der Waals surface area contributed by atoms with Crippen LogP contribution in [0.15, 0.2) is 36.8 Å². The van der Waals surface area contributed by atoms with Gasteiger partial charge in [0.15, 0.2) is 0 Å². The zero-order valence-electron chi connectivity index (χ0n) is 9.02. The summed E-state index contributed by atoms with van der Waals surface area (Å²) in [4.78, 5) is 15.2. The van der Waals surface area contributed by atoms with E-state index in [1.54, 1.807) is 18.6 Å². The van der Waals surface area contributed by atoms with Gasteiger partial charge in [-0.25, -0.2) is 4.79 Å². The molecule has 0 radical (unpaired) electrons. The van der Waals surface area contributed by atoms with Crippen molar-refractivity contribution < 1.29 is 4.79 Å². The lowest BCUT2D eigenvalue weighted by molar-refractivity contribution is 0.243. The van der Waals surface area contributed by atoms with E-state index < -0.39 is 0 Å². The molecular weight excluding hydrogens is 202 g/mol. The highest BCUT2D eigenvalue weighted by atomic mass is 16.2. The van der Waals surface area contributed by atoms with E-state index in [1.165, 1.54) is 12.8 Å². The van der Waals surface area contributed by atoms with Crippen LogP contribution in [0.2, 0.25) is 0 Å². The summed E-state index contributed by atoms with van der Waals surface area (Å²) in [6.07, 6.45) is 9.67. The lowest BCUT2D eigenvalue weighted by atomic mass is 10.3. The van der Waals surface area contributed by atoms with Crippen molar-refractivity contribution in [3.8, 4) is 0 Å². The third kappa shape index (κ3) is 3.73. The van der Waals surface area contributed by atoms with Crippen LogP contribution in [0.5, 0.6) is 0 Å². The van der Waals surface area contributed by atoms with E-state index in [9.17, 15) is 4.79 Å². The number of nitrogens with one attached hydrogen (secondary N) is 2. The molecule has 0 unspecified atom stereocenters. The number of amides is 2. The molecule has 2 N–H and O–H groups in total. The Morgan fingerprint density at radius 1 is 1.44 bits per heavy atom. The van der Waals surface area contributed by atoms with Crippen LogP contribution in [-0.4, -0.2) is 11.0 Å². The summed E-state index contributed by atoms with van der Waals surface area (Å²) in [5, 5.41) is 5.44. The Labute approximate surface area is 94.8 Å². The minimum atomic E-state index is -0.172. The molecule has 2 rings (SSSR count). The molecule has 84 valence electrons. The zero-order valence-corrected chi connectivity index (χ0v) is 9.02. The average molecular weight is 217 g/mol. The standard InChI is InChI=1S/C12H15N3O/c16-12(14-8-5-10-1-2-10)15-9-11-3-6-13-7-4-11/h3-8,10H,1-2,9H2,(H2,14,15,16)/b8-5+. The van der Waals surface area contributed by atoms with Crippen molar-refractivity contribution in [1.29, 1.82) is 0 Å². The molecule has 2 amide bonds. The third-order valence-electron chi connectivity index (χ3n) is 2.41. The second kappa shape index (κ2) is 5.30. The molecule has 0 spiro atoms. The Kier molecular flexibility index (Phi) is 3.53.